The summed E-state index contributed by atoms with van der Waals surface area (Å²) in [6, 6.07) is 6.47. The maximum Gasteiger partial charge on any atom is 0.240 e. The second kappa shape index (κ2) is 3.95. The average Bonchev–Trinajstić information content (AvgIpc) is 2.01. The molecule has 1 aromatic carbocycles. The molecule has 0 aliphatic carbocycles. The first-order valence-corrected chi connectivity index (χ1v) is 5.51. The topological polar surface area (TPSA) is 75.4 Å². The number of primary sulfonamides is 1. The van der Waals surface area contributed by atoms with Gasteiger partial charge < -0.3 is 5.43 Å². The second-order valence-electron chi connectivity index (χ2n) is 3.05. The van der Waals surface area contributed by atoms with Crippen LogP contribution in [0.4, 0.5) is 5.69 Å². The number of benzene rings is 1. The highest BCUT2D eigenvalue weighted by Crippen LogP contribution is 2.18. The molecular formula is C8H13N3O2S. The first kappa shape index (κ1) is 11.0. The third-order valence-electron chi connectivity index (χ3n) is 1.54. The number of hydrogen-bond donors (Lipinski definition) is 2. The van der Waals surface area contributed by atoms with E-state index in [9.17, 15) is 8.42 Å². The molecular weight excluding hydrogens is 202 g/mol. The quantitative estimate of drug-likeness (QED) is 0.707. The van der Waals surface area contributed by atoms with Crippen LogP contribution < -0.4 is 10.6 Å². The lowest BCUT2D eigenvalue weighted by Gasteiger charge is -2.15. The SMILES string of the molecule is CN(C)Nc1ccccc1S(N)(=O)=O. The summed E-state index contributed by atoms with van der Waals surface area (Å²) in [6.07, 6.45) is 0. The fourth-order valence-electron chi connectivity index (χ4n) is 1.05. The lowest BCUT2D eigenvalue weighted by Crippen LogP contribution is -2.22. The normalized spacial score (nSPS) is 11.7. The molecule has 0 bridgehead atoms. The second-order valence-corrected chi connectivity index (χ2v) is 4.58. The van der Waals surface area contributed by atoms with Crippen LogP contribution >= 0.6 is 0 Å². The van der Waals surface area contributed by atoms with Crippen LogP contribution in [0.15, 0.2) is 29.2 Å². The van der Waals surface area contributed by atoms with Crippen molar-refractivity contribution < 1.29 is 8.42 Å². The molecule has 0 saturated carbocycles. The zero-order valence-corrected chi connectivity index (χ0v) is 8.88. The van der Waals surface area contributed by atoms with Crippen molar-refractivity contribution in [2.75, 3.05) is 19.5 Å². The maximum atomic E-state index is 11.2. The zero-order valence-electron chi connectivity index (χ0n) is 8.06. The maximum absolute atomic E-state index is 11.2. The number of nitrogens with two attached hydrogens (primary N) is 1. The number of para-hydroxylation sites is 1. The van der Waals surface area contributed by atoms with E-state index >= 15 is 0 Å². The van der Waals surface area contributed by atoms with Crippen molar-refractivity contribution >= 4 is 15.7 Å². The molecule has 0 amide bonds. The minimum absolute atomic E-state index is 0.0914. The lowest BCUT2D eigenvalue weighted by atomic mass is 10.3. The number of rotatable bonds is 3. The summed E-state index contributed by atoms with van der Waals surface area (Å²) in [5.74, 6) is 0. The summed E-state index contributed by atoms with van der Waals surface area (Å²) < 4.78 is 22.3. The summed E-state index contributed by atoms with van der Waals surface area (Å²) in [6.45, 7) is 0. The molecule has 0 atom stereocenters. The van der Waals surface area contributed by atoms with Crippen LogP contribution in [0, 0.1) is 0 Å². The van der Waals surface area contributed by atoms with E-state index in [2.05, 4.69) is 5.43 Å². The van der Waals surface area contributed by atoms with Crippen LogP contribution in [0.25, 0.3) is 0 Å². The van der Waals surface area contributed by atoms with Crippen LogP contribution in [-0.2, 0) is 10.0 Å². The van der Waals surface area contributed by atoms with E-state index in [1.54, 1.807) is 37.3 Å². The summed E-state index contributed by atoms with van der Waals surface area (Å²) >= 11 is 0. The Labute approximate surface area is 83.5 Å². The molecule has 14 heavy (non-hydrogen) atoms. The van der Waals surface area contributed by atoms with E-state index in [4.69, 9.17) is 5.14 Å². The standard InChI is InChI=1S/C8H13N3O2S/c1-11(2)10-7-5-3-4-6-8(7)14(9,12)13/h3-6,10H,1-2H3,(H2,9,12,13). The Morgan fingerprint density at radius 3 is 2.36 bits per heavy atom. The highest BCUT2D eigenvalue weighted by molar-refractivity contribution is 7.89. The van der Waals surface area contributed by atoms with Crippen molar-refractivity contribution in [3.63, 3.8) is 0 Å². The van der Waals surface area contributed by atoms with E-state index in [-0.39, 0.29) is 4.90 Å². The first-order chi connectivity index (χ1) is 6.41. The van der Waals surface area contributed by atoms with Gasteiger partial charge in [-0.15, -0.1) is 0 Å². The number of nitrogens with one attached hydrogen (secondary N) is 1. The van der Waals surface area contributed by atoms with Crippen LogP contribution in [0.3, 0.4) is 0 Å². The summed E-state index contributed by atoms with van der Waals surface area (Å²) in [4.78, 5) is 0.0914. The van der Waals surface area contributed by atoms with Crippen molar-refractivity contribution in [3.8, 4) is 0 Å². The Kier molecular flexibility index (Phi) is 3.10. The van der Waals surface area contributed by atoms with Gasteiger partial charge in [-0.05, 0) is 12.1 Å². The van der Waals surface area contributed by atoms with Gasteiger partial charge >= 0.3 is 0 Å². The smallest absolute Gasteiger partial charge is 0.240 e. The predicted molar refractivity (Wildman–Crippen MR) is 55.1 cm³/mol. The van der Waals surface area contributed by atoms with Crippen molar-refractivity contribution in [1.29, 1.82) is 0 Å². The molecule has 1 rings (SSSR count). The molecule has 0 aromatic heterocycles. The van der Waals surface area contributed by atoms with E-state index < -0.39 is 10.0 Å². The Bertz CT molecular complexity index is 414. The Morgan fingerprint density at radius 1 is 1.29 bits per heavy atom. The van der Waals surface area contributed by atoms with Gasteiger partial charge in [0.2, 0.25) is 10.0 Å². The minimum atomic E-state index is -3.67. The van der Waals surface area contributed by atoms with Gasteiger partial charge in [-0.3, -0.25) is 0 Å². The zero-order chi connectivity index (χ0) is 10.8. The molecule has 0 saturated heterocycles. The highest BCUT2D eigenvalue weighted by atomic mass is 32.2. The Hall–Kier alpha value is -1.11. The summed E-state index contributed by atoms with van der Waals surface area (Å²) in [7, 11) is -0.141. The minimum Gasteiger partial charge on any atom is -0.318 e. The third-order valence-corrected chi connectivity index (χ3v) is 2.51. The fraction of sp³-hybridized carbons (Fsp3) is 0.250. The molecule has 0 heterocycles. The molecule has 0 aliphatic rings. The van der Waals surface area contributed by atoms with E-state index in [0.717, 1.165) is 0 Å². The van der Waals surface area contributed by atoms with Crippen molar-refractivity contribution in [2.24, 2.45) is 5.14 Å². The number of sulfonamides is 1. The Balaban J connectivity index is 3.17. The van der Waals surface area contributed by atoms with Crippen molar-refractivity contribution in [1.82, 2.24) is 5.01 Å². The molecule has 3 N–H and O–H groups in total. The largest absolute Gasteiger partial charge is 0.318 e. The van der Waals surface area contributed by atoms with Gasteiger partial charge in [0.1, 0.15) is 4.90 Å². The Morgan fingerprint density at radius 2 is 1.86 bits per heavy atom. The van der Waals surface area contributed by atoms with E-state index in [1.807, 2.05) is 0 Å². The molecule has 6 heteroatoms. The van der Waals surface area contributed by atoms with E-state index in [1.165, 1.54) is 6.07 Å². The van der Waals surface area contributed by atoms with Crippen LogP contribution in [0.5, 0.6) is 0 Å². The summed E-state index contributed by atoms with van der Waals surface area (Å²) in [5, 5.41) is 6.69. The molecule has 0 spiro atoms. The van der Waals surface area contributed by atoms with Crippen LogP contribution in [0.2, 0.25) is 0 Å². The molecule has 0 radical (unpaired) electrons. The average molecular weight is 215 g/mol. The molecule has 0 aliphatic heterocycles. The molecule has 5 nitrogen and oxygen atoms in total. The van der Waals surface area contributed by atoms with Gasteiger partial charge in [0.25, 0.3) is 0 Å². The third kappa shape index (κ3) is 2.69. The lowest BCUT2D eigenvalue weighted by molar-refractivity contribution is 0.493. The van der Waals surface area contributed by atoms with Gasteiger partial charge in [-0.25, -0.2) is 18.6 Å². The monoisotopic (exact) mass is 215 g/mol. The molecule has 78 valence electrons. The summed E-state index contributed by atoms with van der Waals surface area (Å²) in [5.41, 5.74) is 3.33. The number of hydrogen-bond acceptors (Lipinski definition) is 4. The van der Waals surface area contributed by atoms with Gasteiger partial charge in [-0.1, -0.05) is 12.1 Å². The number of anilines is 1. The molecule has 0 unspecified atom stereocenters. The highest BCUT2D eigenvalue weighted by Gasteiger charge is 2.12. The van der Waals surface area contributed by atoms with Gasteiger partial charge in [-0.2, -0.15) is 0 Å². The van der Waals surface area contributed by atoms with Crippen LogP contribution in [-0.4, -0.2) is 27.5 Å². The predicted octanol–water partition coefficient (Wildman–Crippen LogP) is 0.223. The van der Waals surface area contributed by atoms with Gasteiger partial charge in [0.15, 0.2) is 0 Å². The van der Waals surface area contributed by atoms with Crippen LogP contribution in [0.1, 0.15) is 0 Å². The van der Waals surface area contributed by atoms with E-state index in [0.29, 0.717) is 5.69 Å². The molecule has 0 fully saturated rings. The first-order valence-electron chi connectivity index (χ1n) is 3.97. The van der Waals surface area contributed by atoms with Gasteiger partial charge in [0, 0.05) is 14.1 Å². The van der Waals surface area contributed by atoms with Crippen molar-refractivity contribution in [3.05, 3.63) is 24.3 Å². The number of hydrazine groups is 1. The fourth-order valence-corrected chi connectivity index (χ4v) is 1.74. The van der Waals surface area contributed by atoms with Gasteiger partial charge in [0.05, 0.1) is 5.69 Å². The molecule has 1 aromatic rings. The number of nitrogens with zero attached hydrogens (tertiary/aromatic N) is 1. The van der Waals surface area contributed by atoms with Crippen molar-refractivity contribution in [2.45, 2.75) is 4.90 Å².